The van der Waals surface area contributed by atoms with Gasteiger partial charge < -0.3 is 18.8 Å². The molecule has 0 N–H and O–H groups in total. The van der Waals surface area contributed by atoms with Crippen LogP contribution in [0.15, 0.2) is 16.5 Å². The molecule has 4 rings (SSSR count). The second-order valence-corrected chi connectivity index (χ2v) is 7.22. The van der Waals surface area contributed by atoms with E-state index in [9.17, 15) is 4.79 Å². The first-order chi connectivity index (χ1) is 12.1. The first-order valence-electron chi connectivity index (χ1n) is 9.08. The fourth-order valence-electron chi connectivity index (χ4n) is 4.09. The summed E-state index contributed by atoms with van der Waals surface area (Å²) in [5.74, 6) is 0.699. The van der Waals surface area contributed by atoms with Crippen LogP contribution in [0.4, 0.5) is 0 Å². The molecule has 2 aliphatic heterocycles. The molecule has 1 amide bonds. The van der Waals surface area contributed by atoms with Crippen LogP contribution < -0.4 is 0 Å². The molecule has 1 aromatic heterocycles. The van der Waals surface area contributed by atoms with E-state index in [1.165, 1.54) is 0 Å². The fraction of sp³-hybridized carbons (Fsp3) is 0.550. The van der Waals surface area contributed by atoms with Crippen molar-refractivity contribution in [2.45, 2.75) is 39.9 Å². The lowest BCUT2D eigenvalue weighted by atomic mass is 9.97. The van der Waals surface area contributed by atoms with Gasteiger partial charge in [0.05, 0.1) is 13.2 Å². The molecule has 5 nitrogen and oxygen atoms in total. The number of hydrogen-bond donors (Lipinski definition) is 0. The number of piperidine rings is 1. The summed E-state index contributed by atoms with van der Waals surface area (Å²) < 4.78 is 17.3. The largest absolute Gasteiger partial charge is 0.450 e. The number of fused-ring (bicyclic) bond motifs is 1. The molecule has 0 bridgehead atoms. The maximum Gasteiger partial charge on any atom is 0.289 e. The van der Waals surface area contributed by atoms with Crippen molar-refractivity contribution >= 4 is 16.9 Å². The number of benzene rings is 1. The quantitative estimate of drug-likeness (QED) is 0.836. The first kappa shape index (κ1) is 16.6. The van der Waals surface area contributed by atoms with Gasteiger partial charge in [0.15, 0.2) is 12.1 Å². The molecule has 5 heteroatoms. The van der Waals surface area contributed by atoms with Crippen LogP contribution in [0.1, 0.15) is 40.1 Å². The lowest BCUT2D eigenvalue weighted by Crippen LogP contribution is -2.43. The normalized spacial score (nSPS) is 22.0. The summed E-state index contributed by atoms with van der Waals surface area (Å²) in [6.45, 7) is 8.78. The smallest absolute Gasteiger partial charge is 0.289 e. The monoisotopic (exact) mass is 343 g/mol. The maximum absolute atomic E-state index is 13.1. The van der Waals surface area contributed by atoms with Crippen LogP contribution in [0, 0.1) is 26.7 Å². The topological polar surface area (TPSA) is 51.9 Å². The molecule has 1 atom stereocenters. The van der Waals surface area contributed by atoms with Gasteiger partial charge in [0, 0.05) is 30.0 Å². The molecule has 3 heterocycles. The predicted octanol–water partition coefficient (Wildman–Crippen LogP) is 3.58. The molecular formula is C20H25NO4. The third-order valence-corrected chi connectivity index (χ3v) is 5.45. The number of carbonyl (C=O) groups excluding carboxylic acids is 1. The van der Waals surface area contributed by atoms with Crippen molar-refractivity contribution < 1.29 is 18.7 Å². The highest BCUT2D eigenvalue weighted by atomic mass is 16.7. The number of amides is 1. The molecule has 0 saturated carbocycles. The summed E-state index contributed by atoms with van der Waals surface area (Å²) in [6, 6.07) is 4.13. The standard InChI is InChI=1S/C20H25NO4/c1-12-6-7-13(2)17-16(12)14(3)18(25-17)19(22)21-8-4-5-15(11-21)20-23-9-10-24-20/h6-7,15,20H,4-5,8-11H2,1-3H3. The van der Waals surface area contributed by atoms with E-state index in [0.717, 1.165) is 47.0 Å². The zero-order valence-corrected chi connectivity index (χ0v) is 15.1. The van der Waals surface area contributed by atoms with E-state index < -0.39 is 0 Å². The Morgan fingerprint density at radius 1 is 1.12 bits per heavy atom. The van der Waals surface area contributed by atoms with Crippen molar-refractivity contribution in [1.82, 2.24) is 4.90 Å². The Labute approximate surface area is 147 Å². The highest BCUT2D eigenvalue weighted by Crippen LogP contribution is 2.32. The first-order valence-corrected chi connectivity index (χ1v) is 9.08. The summed E-state index contributed by atoms with van der Waals surface area (Å²) in [5.41, 5.74) is 3.98. The van der Waals surface area contributed by atoms with Gasteiger partial charge in [-0.25, -0.2) is 0 Å². The predicted molar refractivity (Wildman–Crippen MR) is 94.7 cm³/mol. The second-order valence-electron chi connectivity index (χ2n) is 7.22. The molecule has 1 aromatic carbocycles. The number of hydrogen-bond acceptors (Lipinski definition) is 4. The van der Waals surface area contributed by atoms with Gasteiger partial charge in [0.1, 0.15) is 5.58 Å². The summed E-state index contributed by atoms with van der Waals surface area (Å²) in [7, 11) is 0. The minimum Gasteiger partial charge on any atom is -0.450 e. The Kier molecular flexibility index (Phi) is 4.29. The lowest BCUT2D eigenvalue weighted by molar-refractivity contribution is -0.0970. The summed E-state index contributed by atoms with van der Waals surface area (Å²) in [4.78, 5) is 15.0. The van der Waals surface area contributed by atoms with Gasteiger partial charge in [-0.2, -0.15) is 0 Å². The number of ether oxygens (including phenoxy) is 2. The molecule has 0 radical (unpaired) electrons. The van der Waals surface area contributed by atoms with E-state index in [1.54, 1.807) is 0 Å². The lowest BCUT2D eigenvalue weighted by Gasteiger charge is -2.34. The van der Waals surface area contributed by atoms with Crippen molar-refractivity contribution in [3.05, 3.63) is 34.6 Å². The SMILES string of the molecule is Cc1ccc(C)c2c(C)c(C(=O)N3CCCC(C4OCCO4)C3)oc12. The second kappa shape index (κ2) is 6.46. The molecule has 2 aromatic rings. The molecule has 0 aliphatic carbocycles. The number of aryl methyl sites for hydroxylation is 3. The van der Waals surface area contributed by atoms with Gasteiger partial charge in [-0.3, -0.25) is 4.79 Å². The van der Waals surface area contributed by atoms with Crippen LogP contribution in [0.5, 0.6) is 0 Å². The van der Waals surface area contributed by atoms with Crippen LogP contribution in [0.25, 0.3) is 11.0 Å². The molecule has 2 saturated heterocycles. The van der Waals surface area contributed by atoms with E-state index >= 15 is 0 Å². The molecule has 0 spiro atoms. The van der Waals surface area contributed by atoms with E-state index in [-0.39, 0.29) is 18.1 Å². The van der Waals surface area contributed by atoms with Crippen molar-refractivity contribution in [2.24, 2.45) is 5.92 Å². The van der Waals surface area contributed by atoms with E-state index in [1.807, 2.05) is 24.8 Å². The number of nitrogens with zero attached hydrogens (tertiary/aromatic N) is 1. The van der Waals surface area contributed by atoms with Gasteiger partial charge in [-0.1, -0.05) is 12.1 Å². The van der Waals surface area contributed by atoms with Crippen LogP contribution in [-0.2, 0) is 9.47 Å². The van der Waals surface area contributed by atoms with E-state index in [4.69, 9.17) is 13.9 Å². The third kappa shape index (κ3) is 2.85. The van der Waals surface area contributed by atoms with Crippen molar-refractivity contribution in [3.63, 3.8) is 0 Å². The zero-order chi connectivity index (χ0) is 17.6. The minimum atomic E-state index is -0.170. The molecule has 134 valence electrons. The Bertz CT molecular complexity index is 804. The highest BCUT2D eigenvalue weighted by molar-refractivity contribution is 6.00. The molecule has 2 aliphatic rings. The molecule has 2 fully saturated rings. The minimum absolute atomic E-state index is 0.0183. The Hall–Kier alpha value is -1.85. The van der Waals surface area contributed by atoms with Crippen LogP contribution in [-0.4, -0.2) is 43.4 Å². The Morgan fingerprint density at radius 2 is 1.84 bits per heavy atom. The summed E-state index contributed by atoms with van der Waals surface area (Å²) in [6.07, 6.45) is 1.83. The van der Waals surface area contributed by atoms with Gasteiger partial charge in [-0.05, 0) is 44.7 Å². The van der Waals surface area contributed by atoms with Crippen molar-refractivity contribution in [2.75, 3.05) is 26.3 Å². The van der Waals surface area contributed by atoms with Gasteiger partial charge >= 0.3 is 0 Å². The van der Waals surface area contributed by atoms with Crippen LogP contribution >= 0.6 is 0 Å². The fourth-order valence-corrected chi connectivity index (χ4v) is 4.09. The maximum atomic E-state index is 13.1. The summed E-state index contributed by atoms with van der Waals surface area (Å²) in [5, 5.41) is 1.07. The average molecular weight is 343 g/mol. The number of likely N-dealkylation sites (tertiary alicyclic amines) is 1. The summed E-state index contributed by atoms with van der Waals surface area (Å²) >= 11 is 0. The zero-order valence-electron chi connectivity index (χ0n) is 15.1. The van der Waals surface area contributed by atoms with Crippen LogP contribution in [0.2, 0.25) is 0 Å². The van der Waals surface area contributed by atoms with Gasteiger partial charge in [0.25, 0.3) is 5.91 Å². The van der Waals surface area contributed by atoms with Gasteiger partial charge in [-0.15, -0.1) is 0 Å². The highest BCUT2D eigenvalue weighted by Gasteiger charge is 2.34. The number of carbonyl (C=O) groups is 1. The Balaban J connectivity index is 1.62. The van der Waals surface area contributed by atoms with Crippen LogP contribution in [0.3, 0.4) is 0 Å². The average Bonchev–Trinajstić information content (AvgIpc) is 3.27. The van der Waals surface area contributed by atoms with E-state index in [0.29, 0.717) is 25.5 Å². The Morgan fingerprint density at radius 3 is 2.56 bits per heavy atom. The molecule has 1 unspecified atom stereocenters. The number of rotatable bonds is 2. The van der Waals surface area contributed by atoms with Crippen molar-refractivity contribution in [3.8, 4) is 0 Å². The van der Waals surface area contributed by atoms with E-state index in [2.05, 4.69) is 13.0 Å². The van der Waals surface area contributed by atoms with Crippen molar-refractivity contribution in [1.29, 1.82) is 0 Å². The number of furan rings is 1. The third-order valence-electron chi connectivity index (χ3n) is 5.45. The molecular weight excluding hydrogens is 318 g/mol. The molecule has 25 heavy (non-hydrogen) atoms. The van der Waals surface area contributed by atoms with Gasteiger partial charge in [0.2, 0.25) is 0 Å².